The highest BCUT2D eigenvalue weighted by Crippen LogP contribution is 2.35. The number of nitrogens with zero attached hydrogens (tertiary/aromatic N) is 2. The minimum atomic E-state index is -0.234. The van der Waals surface area contributed by atoms with Gasteiger partial charge in [0.25, 0.3) is 5.91 Å². The Bertz CT molecular complexity index is 1400. The molecule has 2 heterocycles. The predicted octanol–water partition coefficient (Wildman–Crippen LogP) is 5.58. The lowest BCUT2D eigenvalue weighted by Gasteiger charge is -2.22. The monoisotopic (exact) mass is 506 g/mol. The first-order chi connectivity index (χ1) is 17.6. The number of rotatable bonds is 8. The van der Waals surface area contributed by atoms with Crippen LogP contribution in [0.1, 0.15) is 21.6 Å². The summed E-state index contributed by atoms with van der Waals surface area (Å²) in [5.74, 6) is 2.85. The van der Waals surface area contributed by atoms with E-state index in [0.717, 1.165) is 5.56 Å². The fourth-order valence-electron chi connectivity index (χ4n) is 3.98. The second-order valence-corrected chi connectivity index (χ2v) is 8.48. The third kappa shape index (κ3) is 4.81. The molecule has 0 unspecified atom stereocenters. The molecule has 0 N–H and O–H groups in total. The van der Waals surface area contributed by atoms with E-state index in [1.807, 2.05) is 24.3 Å². The lowest BCUT2D eigenvalue weighted by atomic mass is 10.1. The van der Waals surface area contributed by atoms with E-state index in [2.05, 4.69) is 5.16 Å². The lowest BCUT2D eigenvalue weighted by molar-refractivity contribution is 0.0726. The molecule has 8 nitrogen and oxygen atoms in total. The van der Waals surface area contributed by atoms with Crippen LogP contribution in [0.3, 0.4) is 0 Å². The predicted molar refractivity (Wildman–Crippen MR) is 133 cm³/mol. The van der Waals surface area contributed by atoms with E-state index in [1.54, 1.807) is 61.6 Å². The van der Waals surface area contributed by atoms with Crippen LogP contribution in [-0.4, -0.2) is 37.0 Å². The van der Waals surface area contributed by atoms with Gasteiger partial charge < -0.3 is 28.4 Å². The normalized spacial score (nSPS) is 11.9. The molecule has 1 aliphatic heterocycles. The van der Waals surface area contributed by atoms with Gasteiger partial charge in [-0.05, 0) is 48.0 Å². The summed E-state index contributed by atoms with van der Waals surface area (Å²) in [4.78, 5) is 15.2. The zero-order valence-electron chi connectivity index (χ0n) is 19.7. The van der Waals surface area contributed by atoms with Crippen LogP contribution >= 0.6 is 11.6 Å². The van der Waals surface area contributed by atoms with Crippen LogP contribution in [0.4, 0.5) is 0 Å². The van der Waals surface area contributed by atoms with E-state index < -0.39 is 0 Å². The molecule has 0 bridgehead atoms. The van der Waals surface area contributed by atoms with Crippen LogP contribution in [0.5, 0.6) is 23.0 Å². The Morgan fingerprint density at radius 2 is 1.81 bits per heavy atom. The van der Waals surface area contributed by atoms with Crippen LogP contribution in [0, 0.1) is 0 Å². The van der Waals surface area contributed by atoms with Gasteiger partial charge in [-0.25, -0.2) is 0 Å². The first kappa shape index (κ1) is 23.6. The van der Waals surface area contributed by atoms with Gasteiger partial charge in [0.1, 0.15) is 17.2 Å². The molecular weight excluding hydrogens is 484 g/mol. The zero-order chi connectivity index (χ0) is 25.1. The van der Waals surface area contributed by atoms with Crippen molar-refractivity contribution < 1.29 is 28.3 Å². The second-order valence-electron chi connectivity index (χ2n) is 8.08. The van der Waals surface area contributed by atoms with Crippen molar-refractivity contribution in [2.24, 2.45) is 0 Å². The number of amides is 1. The molecule has 0 spiro atoms. The molecule has 9 heteroatoms. The molecule has 1 amide bonds. The number of hydrogen-bond acceptors (Lipinski definition) is 7. The SMILES string of the molecule is COc1ccc(OC)c(-c2cc(CN(Cc3ccc4c(c3)OCO4)C(=O)c3ccccc3Cl)no2)c1. The highest BCUT2D eigenvalue weighted by Gasteiger charge is 2.23. The summed E-state index contributed by atoms with van der Waals surface area (Å²) in [6, 6.07) is 19.7. The standard InChI is InChI=1S/C27H23ClN2O6/c1-32-19-8-10-23(33-2)21(13-19)25-12-18(29-36-25)15-30(27(31)20-5-3-4-6-22(20)28)14-17-7-9-24-26(11-17)35-16-34-24/h3-13H,14-16H2,1-2H3. The molecular formula is C27H23ClN2O6. The van der Waals surface area contributed by atoms with Crippen molar-refractivity contribution in [3.63, 3.8) is 0 Å². The molecule has 5 rings (SSSR count). The molecule has 0 radical (unpaired) electrons. The Balaban J connectivity index is 1.45. The number of aromatic nitrogens is 1. The quantitative estimate of drug-likeness (QED) is 0.308. The lowest BCUT2D eigenvalue weighted by Crippen LogP contribution is -2.30. The number of ether oxygens (including phenoxy) is 4. The maximum Gasteiger partial charge on any atom is 0.256 e. The Hall–Kier alpha value is -4.17. The summed E-state index contributed by atoms with van der Waals surface area (Å²) in [6.07, 6.45) is 0. The third-order valence-corrected chi connectivity index (χ3v) is 6.12. The van der Waals surface area contributed by atoms with Gasteiger partial charge in [0.2, 0.25) is 6.79 Å². The highest BCUT2D eigenvalue weighted by molar-refractivity contribution is 6.33. The van der Waals surface area contributed by atoms with Gasteiger partial charge in [0, 0.05) is 12.6 Å². The minimum Gasteiger partial charge on any atom is -0.497 e. The molecule has 0 fully saturated rings. The van der Waals surface area contributed by atoms with Crippen molar-refractivity contribution in [3.05, 3.63) is 88.6 Å². The number of carbonyl (C=O) groups is 1. The molecule has 1 aromatic heterocycles. The number of carbonyl (C=O) groups excluding carboxylic acids is 1. The summed E-state index contributed by atoms with van der Waals surface area (Å²) in [7, 11) is 3.17. The Kier molecular flexibility index (Phi) is 6.69. The number of hydrogen-bond donors (Lipinski definition) is 0. The molecule has 36 heavy (non-hydrogen) atoms. The Morgan fingerprint density at radius 3 is 2.61 bits per heavy atom. The first-order valence-corrected chi connectivity index (χ1v) is 11.5. The molecule has 184 valence electrons. The highest BCUT2D eigenvalue weighted by atomic mass is 35.5. The molecule has 0 atom stereocenters. The van der Waals surface area contributed by atoms with E-state index in [9.17, 15) is 4.79 Å². The van der Waals surface area contributed by atoms with Crippen LogP contribution in [0.15, 0.2) is 71.3 Å². The molecule has 0 saturated carbocycles. The van der Waals surface area contributed by atoms with Crippen molar-refractivity contribution >= 4 is 17.5 Å². The average molecular weight is 507 g/mol. The number of benzene rings is 3. The fourth-order valence-corrected chi connectivity index (χ4v) is 4.20. The van der Waals surface area contributed by atoms with Crippen molar-refractivity contribution in [1.29, 1.82) is 0 Å². The zero-order valence-corrected chi connectivity index (χ0v) is 20.4. The van der Waals surface area contributed by atoms with Crippen LogP contribution in [-0.2, 0) is 13.1 Å². The molecule has 4 aromatic rings. The average Bonchev–Trinajstić information content (AvgIpc) is 3.57. The summed E-state index contributed by atoms with van der Waals surface area (Å²) < 4.78 is 27.3. The van der Waals surface area contributed by atoms with Gasteiger partial charge in [-0.15, -0.1) is 0 Å². The minimum absolute atomic E-state index is 0.177. The van der Waals surface area contributed by atoms with Crippen molar-refractivity contribution in [2.75, 3.05) is 21.0 Å². The van der Waals surface area contributed by atoms with Crippen LogP contribution in [0.25, 0.3) is 11.3 Å². The molecule has 1 aliphatic rings. The van der Waals surface area contributed by atoms with Crippen molar-refractivity contribution in [3.8, 4) is 34.3 Å². The summed E-state index contributed by atoms with van der Waals surface area (Å²) in [5.41, 5.74) is 2.53. The summed E-state index contributed by atoms with van der Waals surface area (Å²) in [5, 5.41) is 4.59. The van der Waals surface area contributed by atoms with Crippen molar-refractivity contribution in [2.45, 2.75) is 13.1 Å². The number of fused-ring (bicyclic) bond motifs is 1. The number of halogens is 1. The fraction of sp³-hybridized carbons (Fsp3) is 0.185. The summed E-state index contributed by atoms with van der Waals surface area (Å²) in [6.45, 7) is 0.663. The maximum atomic E-state index is 13.6. The Morgan fingerprint density at radius 1 is 0.972 bits per heavy atom. The van der Waals surface area contributed by atoms with E-state index in [0.29, 0.717) is 57.1 Å². The first-order valence-electron chi connectivity index (χ1n) is 11.2. The smallest absolute Gasteiger partial charge is 0.256 e. The van der Waals surface area contributed by atoms with Crippen LogP contribution < -0.4 is 18.9 Å². The largest absolute Gasteiger partial charge is 0.497 e. The maximum absolute atomic E-state index is 13.6. The molecule has 0 aliphatic carbocycles. The van der Waals surface area contributed by atoms with Gasteiger partial charge in [-0.2, -0.15) is 0 Å². The van der Waals surface area contributed by atoms with E-state index in [1.165, 1.54) is 0 Å². The summed E-state index contributed by atoms with van der Waals surface area (Å²) >= 11 is 6.35. The topological polar surface area (TPSA) is 83.3 Å². The van der Waals surface area contributed by atoms with Crippen LogP contribution in [0.2, 0.25) is 5.02 Å². The van der Waals surface area contributed by atoms with Gasteiger partial charge >= 0.3 is 0 Å². The van der Waals surface area contributed by atoms with Gasteiger partial charge in [-0.3, -0.25) is 4.79 Å². The van der Waals surface area contributed by atoms with E-state index in [4.69, 9.17) is 35.1 Å². The molecule has 0 saturated heterocycles. The number of methoxy groups -OCH3 is 2. The second kappa shape index (κ2) is 10.2. The van der Waals surface area contributed by atoms with Crippen molar-refractivity contribution in [1.82, 2.24) is 10.1 Å². The molecule has 3 aromatic carbocycles. The van der Waals surface area contributed by atoms with Gasteiger partial charge in [0.15, 0.2) is 17.3 Å². The van der Waals surface area contributed by atoms with Gasteiger partial charge in [0.05, 0.1) is 36.9 Å². The van der Waals surface area contributed by atoms with Gasteiger partial charge in [-0.1, -0.05) is 35.0 Å². The van der Waals surface area contributed by atoms with E-state index >= 15 is 0 Å². The Labute approximate surface area is 212 Å². The van der Waals surface area contributed by atoms with E-state index in [-0.39, 0.29) is 19.2 Å². The third-order valence-electron chi connectivity index (χ3n) is 5.79.